The third-order valence-electron chi connectivity index (χ3n) is 3.37. The van der Waals surface area contributed by atoms with Crippen LogP contribution in [-0.4, -0.2) is 17.3 Å². The molecule has 3 heteroatoms. The molecule has 0 saturated heterocycles. The Morgan fingerprint density at radius 2 is 2.29 bits per heavy atom. The number of halogens is 1. The van der Waals surface area contributed by atoms with Crippen LogP contribution in [0.5, 0.6) is 0 Å². The molecule has 0 spiro atoms. The first-order valence-corrected chi connectivity index (χ1v) is 7.07. The molecule has 17 heavy (non-hydrogen) atoms. The predicted molar refractivity (Wildman–Crippen MR) is 73.6 cm³/mol. The molecule has 1 aliphatic rings. The molecule has 1 aliphatic carbocycles. The van der Waals surface area contributed by atoms with Crippen LogP contribution in [0.1, 0.15) is 35.2 Å². The minimum Gasteiger partial charge on any atom is -0.352 e. The number of nitrogens with one attached hydrogen (secondary N) is 1. The number of benzene rings is 1. The van der Waals surface area contributed by atoms with Gasteiger partial charge in [0.05, 0.1) is 0 Å². The Morgan fingerprint density at radius 1 is 1.47 bits per heavy atom. The lowest BCUT2D eigenvalue weighted by Gasteiger charge is -2.14. The zero-order chi connectivity index (χ0) is 12.3. The summed E-state index contributed by atoms with van der Waals surface area (Å²) < 4.78 is 0. The third kappa shape index (κ3) is 3.32. The molecule has 0 bridgehead atoms. The van der Waals surface area contributed by atoms with Gasteiger partial charge in [0, 0.05) is 16.9 Å². The quantitative estimate of drug-likeness (QED) is 0.852. The molecule has 1 N–H and O–H groups in total. The monoisotopic (exact) mass is 295 g/mol. The Kier molecular flexibility index (Phi) is 4.21. The molecule has 0 aliphatic heterocycles. The number of hydrogen-bond donors (Lipinski definition) is 1. The first kappa shape index (κ1) is 12.6. The molecule has 1 saturated carbocycles. The molecule has 92 valence electrons. The largest absolute Gasteiger partial charge is 0.352 e. The number of hydrogen-bond acceptors (Lipinski definition) is 1. The van der Waals surface area contributed by atoms with Crippen molar-refractivity contribution >= 4 is 21.8 Å². The van der Waals surface area contributed by atoms with Crippen LogP contribution in [0.15, 0.2) is 24.3 Å². The number of alkyl halides is 1. The summed E-state index contributed by atoms with van der Waals surface area (Å²) in [5.74, 6) is 0.629. The summed E-state index contributed by atoms with van der Waals surface area (Å²) in [4.78, 5) is 12.5. The van der Waals surface area contributed by atoms with E-state index in [1.165, 1.54) is 19.3 Å². The smallest absolute Gasteiger partial charge is 0.251 e. The van der Waals surface area contributed by atoms with Crippen molar-refractivity contribution in [2.75, 3.05) is 6.54 Å². The van der Waals surface area contributed by atoms with Gasteiger partial charge in [0.2, 0.25) is 0 Å². The SMILES string of the molecule is Cc1cccc(C(=O)NCC2CCCC2Br)c1. The first-order valence-electron chi connectivity index (χ1n) is 6.16. The van der Waals surface area contributed by atoms with Gasteiger partial charge in [0.15, 0.2) is 0 Å². The van der Waals surface area contributed by atoms with Crippen molar-refractivity contribution in [1.29, 1.82) is 0 Å². The lowest BCUT2D eigenvalue weighted by Crippen LogP contribution is -2.30. The number of aryl methyl sites for hydroxylation is 1. The summed E-state index contributed by atoms with van der Waals surface area (Å²) >= 11 is 3.67. The molecule has 1 aromatic carbocycles. The van der Waals surface area contributed by atoms with Crippen molar-refractivity contribution in [3.8, 4) is 0 Å². The molecule has 1 fully saturated rings. The Morgan fingerprint density at radius 3 is 2.94 bits per heavy atom. The van der Waals surface area contributed by atoms with Crippen molar-refractivity contribution in [2.24, 2.45) is 5.92 Å². The van der Waals surface area contributed by atoms with Gasteiger partial charge in [-0.2, -0.15) is 0 Å². The van der Waals surface area contributed by atoms with E-state index in [1.54, 1.807) is 0 Å². The fraction of sp³-hybridized carbons (Fsp3) is 0.500. The molecule has 0 heterocycles. The number of carbonyl (C=O) groups is 1. The average Bonchev–Trinajstić information content (AvgIpc) is 2.72. The summed E-state index contributed by atoms with van der Waals surface area (Å²) in [5.41, 5.74) is 1.88. The van der Waals surface area contributed by atoms with Crippen molar-refractivity contribution < 1.29 is 4.79 Å². The minimum absolute atomic E-state index is 0.0419. The van der Waals surface area contributed by atoms with E-state index in [9.17, 15) is 4.79 Å². The van der Waals surface area contributed by atoms with Crippen molar-refractivity contribution in [3.05, 3.63) is 35.4 Å². The van der Waals surface area contributed by atoms with Gasteiger partial charge in [0.25, 0.3) is 5.91 Å². The van der Waals surface area contributed by atoms with Crippen LogP contribution in [0, 0.1) is 12.8 Å². The second-order valence-electron chi connectivity index (χ2n) is 4.79. The van der Waals surface area contributed by atoms with E-state index < -0.39 is 0 Å². The Balaban J connectivity index is 1.89. The fourth-order valence-electron chi connectivity index (χ4n) is 2.33. The molecule has 1 aromatic rings. The van der Waals surface area contributed by atoms with Crippen LogP contribution in [0.2, 0.25) is 0 Å². The van der Waals surface area contributed by atoms with E-state index >= 15 is 0 Å². The van der Waals surface area contributed by atoms with E-state index in [0.717, 1.165) is 17.7 Å². The highest BCUT2D eigenvalue weighted by Gasteiger charge is 2.25. The number of rotatable bonds is 3. The highest BCUT2D eigenvalue weighted by molar-refractivity contribution is 9.09. The molecule has 1 amide bonds. The Bertz CT molecular complexity index is 405. The van der Waals surface area contributed by atoms with Crippen LogP contribution in [0.25, 0.3) is 0 Å². The summed E-state index contributed by atoms with van der Waals surface area (Å²) in [5, 5.41) is 3.03. The van der Waals surface area contributed by atoms with Gasteiger partial charge >= 0.3 is 0 Å². The second kappa shape index (κ2) is 5.67. The van der Waals surface area contributed by atoms with Gasteiger partial charge in [-0.1, -0.05) is 40.0 Å². The average molecular weight is 296 g/mol. The highest BCUT2D eigenvalue weighted by atomic mass is 79.9. The van der Waals surface area contributed by atoms with Crippen LogP contribution >= 0.6 is 15.9 Å². The second-order valence-corrected chi connectivity index (χ2v) is 5.96. The topological polar surface area (TPSA) is 29.1 Å². The molecular formula is C14H18BrNO. The molecule has 2 rings (SSSR count). The van der Waals surface area contributed by atoms with Crippen molar-refractivity contribution in [3.63, 3.8) is 0 Å². The molecule has 0 aromatic heterocycles. The third-order valence-corrected chi connectivity index (χ3v) is 4.58. The zero-order valence-electron chi connectivity index (χ0n) is 10.1. The van der Waals surface area contributed by atoms with Crippen molar-refractivity contribution in [1.82, 2.24) is 5.32 Å². The molecular weight excluding hydrogens is 278 g/mol. The first-order chi connectivity index (χ1) is 8.16. The van der Waals surface area contributed by atoms with E-state index in [4.69, 9.17) is 0 Å². The summed E-state index contributed by atoms with van der Waals surface area (Å²) in [7, 11) is 0. The minimum atomic E-state index is 0.0419. The van der Waals surface area contributed by atoms with Crippen LogP contribution < -0.4 is 5.32 Å². The maximum atomic E-state index is 11.9. The van der Waals surface area contributed by atoms with E-state index in [-0.39, 0.29) is 5.91 Å². The summed E-state index contributed by atoms with van der Waals surface area (Å²) in [6.45, 7) is 2.78. The van der Waals surface area contributed by atoms with Crippen LogP contribution in [0.4, 0.5) is 0 Å². The Labute approximate surface area is 111 Å². The summed E-state index contributed by atoms with van der Waals surface area (Å²) in [6, 6.07) is 7.72. The highest BCUT2D eigenvalue weighted by Crippen LogP contribution is 2.30. The number of carbonyl (C=O) groups excluding carboxylic acids is 1. The van der Waals surface area contributed by atoms with Gasteiger partial charge in [-0.05, 0) is 37.8 Å². The molecule has 2 atom stereocenters. The van der Waals surface area contributed by atoms with Gasteiger partial charge in [-0.25, -0.2) is 0 Å². The Hall–Kier alpha value is -0.830. The van der Waals surface area contributed by atoms with Crippen LogP contribution in [0.3, 0.4) is 0 Å². The standard InChI is InChI=1S/C14H18BrNO/c1-10-4-2-5-11(8-10)14(17)16-9-12-6-3-7-13(12)15/h2,4-5,8,12-13H,3,6-7,9H2,1H3,(H,16,17). The zero-order valence-corrected chi connectivity index (χ0v) is 11.7. The van der Waals surface area contributed by atoms with Gasteiger partial charge < -0.3 is 5.32 Å². The lowest BCUT2D eigenvalue weighted by molar-refractivity contribution is 0.0948. The normalized spacial score (nSPS) is 23.6. The van der Waals surface area contributed by atoms with Crippen LogP contribution in [-0.2, 0) is 0 Å². The van der Waals surface area contributed by atoms with E-state index in [0.29, 0.717) is 10.7 Å². The van der Waals surface area contributed by atoms with E-state index in [1.807, 2.05) is 31.2 Å². The number of amides is 1. The predicted octanol–water partition coefficient (Wildman–Crippen LogP) is 3.29. The molecule has 2 unspecified atom stereocenters. The summed E-state index contributed by atoms with van der Waals surface area (Å²) in [6.07, 6.45) is 3.70. The molecule has 2 nitrogen and oxygen atoms in total. The van der Waals surface area contributed by atoms with Gasteiger partial charge in [-0.3, -0.25) is 4.79 Å². The lowest BCUT2D eigenvalue weighted by atomic mass is 10.1. The maximum Gasteiger partial charge on any atom is 0.251 e. The van der Waals surface area contributed by atoms with E-state index in [2.05, 4.69) is 21.2 Å². The maximum absolute atomic E-state index is 11.9. The fourth-order valence-corrected chi connectivity index (χ4v) is 3.11. The van der Waals surface area contributed by atoms with Crippen molar-refractivity contribution in [2.45, 2.75) is 31.0 Å². The molecule has 0 radical (unpaired) electrons. The van der Waals surface area contributed by atoms with Gasteiger partial charge in [-0.15, -0.1) is 0 Å². The van der Waals surface area contributed by atoms with Gasteiger partial charge in [0.1, 0.15) is 0 Å².